The second-order valence-electron chi connectivity index (χ2n) is 2.54. The van der Waals surface area contributed by atoms with Crippen molar-refractivity contribution in [3.05, 3.63) is 6.92 Å². The Morgan fingerprint density at radius 1 is 1.08 bits per heavy atom. The Kier molecular flexibility index (Phi) is 8.81. The molecule has 0 saturated carbocycles. The Labute approximate surface area is 74.2 Å². The Hall–Kier alpha value is -0.160. The van der Waals surface area contributed by atoms with Gasteiger partial charge in [-0.3, -0.25) is 4.90 Å². The lowest BCUT2D eigenvalue weighted by molar-refractivity contribution is 0.162. The van der Waals surface area contributed by atoms with Gasteiger partial charge in [0.05, 0.1) is 13.2 Å². The van der Waals surface area contributed by atoms with Gasteiger partial charge in [0.2, 0.25) is 0 Å². The topological polar surface area (TPSA) is 55.7 Å². The average molecular weight is 175 g/mol. The lowest BCUT2D eigenvalue weighted by Gasteiger charge is -2.19. The van der Waals surface area contributed by atoms with Crippen molar-refractivity contribution in [1.29, 1.82) is 0 Å². The van der Waals surface area contributed by atoms with Crippen LogP contribution >= 0.6 is 0 Å². The third-order valence-electron chi connectivity index (χ3n) is 1.61. The van der Waals surface area contributed by atoms with Crippen molar-refractivity contribution in [2.24, 2.45) is 0 Å². The van der Waals surface area contributed by atoms with Gasteiger partial charge in [0.1, 0.15) is 0 Å². The van der Waals surface area contributed by atoms with Crippen LogP contribution in [0.1, 0.15) is 0 Å². The van der Waals surface area contributed by atoms with E-state index in [1.165, 1.54) is 0 Å². The fourth-order valence-electron chi connectivity index (χ4n) is 0.980. The summed E-state index contributed by atoms with van der Waals surface area (Å²) in [6.07, 6.45) is 0. The molecule has 0 unspecified atom stereocenters. The van der Waals surface area contributed by atoms with Gasteiger partial charge in [-0.05, 0) is 13.5 Å². The molecule has 0 spiro atoms. The average Bonchev–Trinajstić information content (AvgIpc) is 2.06. The van der Waals surface area contributed by atoms with E-state index in [-0.39, 0.29) is 13.2 Å². The molecule has 0 amide bonds. The van der Waals surface area contributed by atoms with Gasteiger partial charge < -0.3 is 15.5 Å². The van der Waals surface area contributed by atoms with Crippen molar-refractivity contribution in [2.75, 3.05) is 45.9 Å². The minimum atomic E-state index is 0.143. The van der Waals surface area contributed by atoms with E-state index >= 15 is 0 Å². The van der Waals surface area contributed by atoms with Crippen LogP contribution < -0.4 is 5.32 Å². The summed E-state index contributed by atoms with van der Waals surface area (Å²) in [7, 11) is 0. The van der Waals surface area contributed by atoms with E-state index in [9.17, 15) is 0 Å². The Morgan fingerprint density at radius 3 is 2.08 bits per heavy atom. The van der Waals surface area contributed by atoms with Crippen LogP contribution in [0, 0.1) is 6.92 Å². The highest BCUT2D eigenvalue weighted by molar-refractivity contribution is 4.58. The van der Waals surface area contributed by atoms with Gasteiger partial charge in [-0.2, -0.15) is 0 Å². The molecule has 3 N–H and O–H groups in total. The van der Waals surface area contributed by atoms with Crippen LogP contribution in [0.3, 0.4) is 0 Å². The molecule has 73 valence electrons. The Morgan fingerprint density at radius 2 is 1.67 bits per heavy atom. The summed E-state index contributed by atoms with van der Waals surface area (Å²) in [5.74, 6) is 0. The first kappa shape index (κ1) is 11.8. The van der Waals surface area contributed by atoms with Crippen LogP contribution in [-0.2, 0) is 0 Å². The molecule has 4 heteroatoms. The smallest absolute Gasteiger partial charge is 0.0558 e. The normalized spacial score (nSPS) is 11.0. The molecule has 0 atom stereocenters. The van der Waals surface area contributed by atoms with Crippen molar-refractivity contribution in [3.63, 3.8) is 0 Å². The summed E-state index contributed by atoms with van der Waals surface area (Å²) in [4.78, 5) is 2.00. The van der Waals surface area contributed by atoms with E-state index < -0.39 is 0 Å². The van der Waals surface area contributed by atoms with Crippen LogP contribution in [0.15, 0.2) is 0 Å². The molecule has 0 aliphatic heterocycles. The van der Waals surface area contributed by atoms with Gasteiger partial charge in [-0.1, -0.05) is 0 Å². The zero-order valence-corrected chi connectivity index (χ0v) is 7.50. The molecule has 0 fully saturated rings. The SMILES string of the molecule is [CH2]CNCCN(CCO)CCO. The summed E-state index contributed by atoms with van der Waals surface area (Å²) >= 11 is 0. The minimum Gasteiger partial charge on any atom is -0.395 e. The molecule has 0 heterocycles. The van der Waals surface area contributed by atoms with E-state index in [0.717, 1.165) is 13.1 Å². The van der Waals surface area contributed by atoms with E-state index in [0.29, 0.717) is 19.6 Å². The van der Waals surface area contributed by atoms with Crippen LogP contribution in [-0.4, -0.2) is 61.1 Å². The zero-order chi connectivity index (χ0) is 9.23. The minimum absolute atomic E-state index is 0.143. The lowest BCUT2D eigenvalue weighted by atomic mass is 10.4. The second-order valence-corrected chi connectivity index (χ2v) is 2.54. The maximum atomic E-state index is 8.66. The van der Waals surface area contributed by atoms with Gasteiger partial charge in [0.25, 0.3) is 0 Å². The molecular formula is C8H19N2O2. The monoisotopic (exact) mass is 175 g/mol. The van der Waals surface area contributed by atoms with Gasteiger partial charge in [0.15, 0.2) is 0 Å². The van der Waals surface area contributed by atoms with Gasteiger partial charge in [-0.15, -0.1) is 0 Å². The lowest BCUT2D eigenvalue weighted by Crippen LogP contribution is -2.36. The number of hydrogen-bond donors (Lipinski definition) is 3. The van der Waals surface area contributed by atoms with E-state index in [1.807, 2.05) is 4.90 Å². The maximum Gasteiger partial charge on any atom is 0.0558 e. The third kappa shape index (κ3) is 6.54. The number of hydrogen-bond acceptors (Lipinski definition) is 4. The molecule has 1 radical (unpaired) electrons. The highest BCUT2D eigenvalue weighted by Crippen LogP contribution is 1.84. The summed E-state index contributed by atoms with van der Waals surface area (Å²) in [6.45, 7) is 7.59. The van der Waals surface area contributed by atoms with Crippen LogP contribution in [0.2, 0.25) is 0 Å². The summed E-state index contributed by atoms with van der Waals surface area (Å²) in [5.41, 5.74) is 0. The van der Waals surface area contributed by atoms with Crippen LogP contribution in [0.4, 0.5) is 0 Å². The van der Waals surface area contributed by atoms with Crippen molar-refractivity contribution in [1.82, 2.24) is 10.2 Å². The predicted octanol–water partition coefficient (Wildman–Crippen LogP) is -1.30. The highest BCUT2D eigenvalue weighted by Gasteiger charge is 2.01. The Bertz CT molecular complexity index is 85.1. The first-order valence-electron chi connectivity index (χ1n) is 4.29. The molecule has 12 heavy (non-hydrogen) atoms. The Balaban J connectivity index is 3.34. The molecule has 0 aromatic rings. The molecule has 0 aromatic carbocycles. The fraction of sp³-hybridized carbons (Fsp3) is 0.875. The quantitative estimate of drug-likeness (QED) is 0.401. The van der Waals surface area contributed by atoms with Gasteiger partial charge in [-0.25, -0.2) is 0 Å². The predicted molar refractivity (Wildman–Crippen MR) is 48.8 cm³/mol. The number of nitrogens with one attached hydrogen (secondary N) is 1. The van der Waals surface area contributed by atoms with E-state index in [4.69, 9.17) is 10.2 Å². The molecule has 4 nitrogen and oxygen atoms in total. The van der Waals surface area contributed by atoms with Crippen molar-refractivity contribution >= 4 is 0 Å². The third-order valence-corrected chi connectivity index (χ3v) is 1.61. The molecule has 0 aliphatic rings. The standard InChI is InChI=1S/C8H19N2O2/c1-2-9-3-4-10(5-7-11)6-8-12/h9,11-12H,1-8H2. The van der Waals surface area contributed by atoms with Crippen LogP contribution in [0.5, 0.6) is 0 Å². The van der Waals surface area contributed by atoms with Gasteiger partial charge in [0, 0.05) is 26.2 Å². The molecule has 0 aromatic heterocycles. The number of nitrogens with zero attached hydrogens (tertiary/aromatic N) is 1. The number of aliphatic hydroxyl groups is 2. The number of aliphatic hydroxyl groups excluding tert-OH is 2. The largest absolute Gasteiger partial charge is 0.395 e. The van der Waals surface area contributed by atoms with Crippen molar-refractivity contribution < 1.29 is 10.2 Å². The molecule has 0 aliphatic carbocycles. The zero-order valence-electron chi connectivity index (χ0n) is 7.50. The summed E-state index contributed by atoms with van der Waals surface area (Å²) < 4.78 is 0. The first-order chi connectivity index (χ1) is 5.85. The van der Waals surface area contributed by atoms with Gasteiger partial charge >= 0.3 is 0 Å². The summed E-state index contributed by atoms with van der Waals surface area (Å²) in [6, 6.07) is 0. The highest BCUT2D eigenvalue weighted by atomic mass is 16.3. The first-order valence-corrected chi connectivity index (χ1v) is 4.29. The van der Waals surface area contributed by atoms with Crippen molar-refractivity contribution in [3.8, 4) is 0 Å². The molecule has 0 rings (SSSR count). The fourth-order valence-corrected chi connectivity index (χ4v) is 0.980. The molecule has 0 saturated heterocycles. The second kappa shape index (κ2) is 8.93. The molecule has 0 bridgehead atoms. The van der Waals surface area contributed by atoms with E-state index in [1.54, 1.807) is 0 Å². The number of rotatable bonds is 8. The van der Waals surface area contributed by atoms with Crippen molar-refractivity contribution in [2.45, 2.75) is 0 Å². The molecular weight excluding hydrogens is 156 g/mol. The van der Waals surface area contributed by atoms with Crippen LogP contribution in [0.25, 0.3) is 0 Å². The van der Waals surface area contributed by atoms with E-state index in [2.05, 4.69) is 12.2 Å². The summed E-state index contributed by atoms with van der Waals surface area (Å²) in [5, 5.41) is 20.4. The maximum absolute atomic E-state index is 8.66.